The van der Waals surface area contributed by atoms with Crippen molar-refractivity contribution in [2.24, 2.45) is 4.99 Å². The summed E-state index contributed by atoms with van der Waals surface area (Å²) in [4.78, 5) is 26.3. The number of fused-ring (bicyclic) bond motifs is 1. The van der Waals surface area contributed by atoms with Gasteiger partial charge in [0.25, 0.3) is 15.6 Å². The summed E-state index contributed by atoms with van der Waals surface area (Å²) < 4.78 is 34.6. The Balaban J connectivity index is 1.35. The summed E-state index contributed by atoms with van der Waals surface area (Å²) >= 11 is 2.54. The first-order valence-corrected chi connectivity index (χ1v) is 15.5. The zero-order valence-electron chi connectivity index (χ0n) is 21.8. The molecule has 4 heterocycles. The van der Waals surface area contributed by atoms with Crippen molar-refractivity contribution in [3.8, 4) is 6.07 Å². The summed E-state index contributed by atoms with van der Waals surface area (Å²) in [5, 5.41) is 22.3. The van der Waals surface area contributed by atoms with Gasteiger partial charge in [0.15, 0.2) is 10.9 Å². The Labute approximate surface area is 248 Å². The fourth-order valence-electron chi connectivity index (χ4n) is 3.53. The largest absolute Gasteiger partial charge is 0.341 e. The third-order valence-corrected chi connectivity index (χ3v) is 8.67. The van der Waals surface area contributed by atoms with Crippen LogP contribution in [0.2, 0.25) is 0 Å². The molecule has 0 saturated heterocycles. The number of nitrogens with one attached hydrogen (secondary N) is 3. The van der Waals surface area contributed by atoms with Gasteiger partial charge in [-0.25, -0.2) is 28.1 Å². The highest BCUT2D eigenvalue weighted by atomic mass is 32.2. The average Bonchev–Trinajstić information content (AvgIpc) is 3.51. The van der Waals surface area contributed by atoms with Crippen LogP contribution in [0.25, 0.3) is 12.2 Å². The van der Waals surface area contributed by atoms with Gasteiger partial charge in [-0.05, 0) is 60.9 Å². The van der Waals surface area contributed by atoms with E-state index in [1.165, 1.54) is 40.5 Å². The van der Waals surface area contributed by atoms with Crippen LogP contribution < -0.4 is 21.0 Å². The summed E-state index contributed by atoms with van der Waals surface area (Å²) in [6.45, 7) is 2.04. The van der Waals surface area contributed by atoms with Gasteiger partial charge in [0.2, 0.25) is 17.5 Å². The number of nitrogens with zero attached hydrogens (tertiary/aromatic N) is 7. The molecule has 5 rings (SSSR count). The maximum Gasteiger partial charge on any atom is 0.299 e. The van der Waals surface area contributed by atoms with Crippen molar-refractivity contribution in [1.29, 1.82) is 5.26 Å². The van der Waals surface area contributed by atoms with Gasteiger partial charge >= 0.3 is 0 Å². The van der Waals surface area contributed by atoms with Crippen LogP contribution in [-0.2, 0) is 14.8 Å². The zero-order valence-corrected chi connectivity index (χ0v) is 24.2. The highest BCUT2D eigenvalue weighted by Gasteiger charge is 2.29. The standard InChI is InChI=1S/C25H22N10O4S3/c1-2-39-24(29-16-6-9-18(10-7-16)42(37,38)34-23-27-12-4-13-28-23)30-21-20(15-26)41-25-32-31-19(22(36)35(25)33-21)11-8-17-5-3-14-40-17/h3-14,20,24,29H,2H2,1H3,(H,30,33)(H,27,28,34)/b11-8+. The number of aromatic nitrogens is 5. The summed E-state index contributed by atoms with van der Waals surface area (Å²) in [5.41, 5.74) is 3.03. The quantitative estimate of drug-likeness (QED) is 0.220. The third-order valence-electron chi connectivity index (χ3n) is 5.45. The predicted molar refractivity (Wildman–Crippen MR) is 160 cm³/mol. The van der Waals surface area contributed by atoms with Crippen LogP contribution in [0.4, 0.5) is 11.6 Å². The van der Waals surface area contributed by atoms with E-state index >= 15 is 0 Å². The van der Waals surface area contributed by atoms with Crippen LogP contribution in [0.1, 0.15) is 17.5 Å². The maximum atomic E-state index is 13.1. The minimum absolute atomic E-state index is 0.00399. The van der Waals surface area contributed by atoms with Gasteiger partial charge in [-0.3, -0.25) is 10.2 Å². The Morgan fingerprint density at radius 2 is 1.98 bits per heavy atom. The lowest BCUT2D eigenvalue weighted by Gasteiger charge is -2.25. The Hall–Kier alpha value is -4.63. The Morgan fingerprint density at radius 3 is 2.67 bits per heavy atom. The first-order chi connectivity index (χ1) is 20.4. The summed E-state index contributed by atoms with van der Waals surface area (Å²) in [7, 11) is -3.91. The Bertz CT molecular complexity index is 1800. The molecule has 14 nitrogen and oxygen atoms in total. The smallest absolute Gasteiger partial charge is 0.299 e. The molecule has 0 radical (unpaired) electrons. The van der Waals surface area contributed by atoms with Crippen LogP contribution in [0, 0.1) is 11.3 Å². The highest BCUT2D eigenvalue weighted by Crippen LogP contribution is 2.25. The summed E-state index contributed by atoms with van der Waals surface area (Å²) in [5.74, 6) is 0.115. The van der Waals surface area contributed by atoms with E-state index in [9.17, 15) is 18.5 Å². The van der Waals surface area contributed by atoms with E-state index in [4.69, 9.17) is 4.74 Å². The number of hydrogen-bond donors (Lipinski definition) is 3. The van der Waals surface area contributed by atoms with Crippen molar-refractivity contribution in [2.45, 2.75) is 28.6 Å². The van der Waals surface area contributed by atoms with E-state index in [-0.39, 0.29) is 34.1 Å². The molecule has 0 spiro atoms. The fourth-order valence-corrected chi connectivity index (χ4v) is 5.92. The molecule has 0 amide bonds. The van der Waals surface area contributed by atoms with Crippen molar-refractivity contribution >= 4 is 62.7 Å². The molecule has 0 fully saturated rings. The first kappa shape index (κ1) is 28.9. The molecular weight excluding hydrogens is 601 g/mol. The lowest BCUT2D eigenvalue weighted by Crippen LogP contribution is -2.45. The number of sulfonamides is 1. The second kappa shape index (κ2) is 12.9. The summed E-state index contributed by atoms with van der Waals surface area (Å²) in [6.07, 6.45) is 5.22. The molecule has 3 aromatic heterocycles. The maximum absolute atomic E-state index is 13.1. The number of aliphatic imine (C=N–C) groups is 1. The molecule has 42 heavy (non-hydrogen) atoms. The number of nitriles is 1. The fraction of sp³-hybridized carbons (Fsp3) is 0.160. The highest BCUT2D eigenvalue weighted by molar-refractivity contribution is 8.00. The number of rotatable bonds is 10. The topological polar surface area (TPSA) is 189 Å². The van der Waals surface area contributed by atoms with E-state index in [0.717, 1.165) is 16.6 Å². The minimum Gasteiger partial charge on any atom is -0.341 e. The lowest BCUT2D eigenvalue weighted by atomic mass is 10.3. The van der Waals surface area contributed by atoms with Crippen molar-refractivity contribution in [1.82, 2.24) is 24.8 Å². The molecule has 0 saturated carbocycles. The number of thioether (sulfide) groups is 1. The lowest BCUT2D eigenvalue weighted by molar-refractivity contribution is 0.0892. The number of amidine groups is 1. The SMILES string of the molecule is CCOC(/N=C1/Nn2c(nnc(/C=C/c3cccs3)c2=O)SC1C#N)Nc1ccc(S(=O)(=O)Nc2ncccn2)cc1. The number of benzene rings is 1. The Morgan fingerprint density at radius 1 is 1.19 bits per heavy atom. The molecule has 17 heteroatoms. The van der Waals surface area contributed by atoms with Crippen molar-refractivity contribution < 1.29 is 13.2 Å². The van der Waals surface area contributed by atoms with Crippen LogP contribution in [-0.4, -0.2) is 57.3 Å². The van der Waals surface area contributed by atoms with Gasteiger partial charge in [0.1, 0.15) is 5.84 Å². The van der Waals surface area contributed by atoms with Gasteiger partial charge < -0.3 is 10.1 Å². The molecule has 4 aromatic rings. The number of anilines is 2. The van der Waals surface area contributed by atoms with Crippen molar-refractivity contribution in [3.05, 3.63) is 81.2 Å². The molecule has 214 valence electrons. The van der Waals surface area contributed by atoms with Crippen LogP contribution in [0.15, 0.2) is 80.1 Å². The molecular formula is C25H22N10O4S3. The predicted octanol–water partition coefficient (Wildman–Crippen LogP) is 2.83. The monoisotopic (exact) mass is 622 g/mol. The molecule has 1 aromatic carbocycles. The molecule has 2 unspecified atom stereocenters. The van der Waals surface area contributed by atoms with Crippen molar-refractivity contribution in [2.75, 3.05) is 22.1 Å². The third kappa shape index (κ3) is 6.80. The molecule has 1 aliphatic rings. The van der Waals surface area contributed by atoms with Crippen LogP contribution in [0.5, 0.6) is 0 Å². The van der Waals surface area contributed by atoms with E-state index in [2.05, 4.69) is 46.7 Å². The second-order valence-electron chi connectivity index (χ2n) is 8.26. The van der Waals surface area contributed by atoms with Gasteiger partial charge in [-0.1, -0.05) is 17.8 Å². The molecule has 1 aliphatic heterocycles. The van der Waals surface area contributed by atoms with Crippen LogP contribution >= 0.6 is 23.1 Å². The van der Waals surface area contributed by atoms with Crippen LogP contribution in [0.3, 0.4) is 0 Å². The zero-order chi connectivity index (χ0) is 29.5. The van der Waals surface area contributed by atoms with E-state index in [1.54, 1.807) is 37.3 Å². The second-order valence-corrected chi connectivity index (χ2v) is 12.0. The molecule has 0 bridgehead atoms. The van der Waals surface area contributed by atoms with Gasteiger partial charge in [-0.15, -0.1) is 21.5 Å². The van der Waals surface area contributed by atoms with Gasteiger partial charge in [-0.2, -0.15) is 9.94 Å². The van der Waals surface area contributed by atoms with E-state index in [0.29, 0.717) is 5.69 Å². The molecule has 0 aliphatic carbocycles. The van der Waals surface area contributed by atoms with E-state index < -0.39 is 27.2 Å². The molecule has 3 N–H and O–H groups in total. The first-order valence-electron chi connectivity index (χ1n) is 12.3. The van der Waals surface area contributed by atoms with Crippen molar-refractivity contribution in [3.63, 3.8) is 0 Å². The Kier molecular flexibility index (Phi) is 8.88. The number of thiophene rings is 1. The average molecular weight is 623 g/mol. The summed E-state index contributed by atoms with van der Waals surface area (Å²) in [6, 6.07) is 13.4. The number of ether oxygens (including phenoxy) is 1. The number of hydrogen-bond acceptors (Lipinski definition) is 13. The minimum atomic E-state index is -3.91. The van der Waals surface area contributed by atoms with Gasteiger partial charge in [0, 0.05) is 29.6 Å². The normalized spacial score (nSPS) is 16.4. The molecule has 2 atom stereocenters. The van der Waals surface area contributed by atoms with Gasteiger partial charge in [0.05, 0.1) is 11.0 Å². The van der Waals surface area contributed by atoms with E-state index in [1.807, 2.05) is 17.5 Å².